The van der Waals surface area contributed by atoms with E-state index in [4.69, 9.17) is 15.9 Å². The molecule has 0 amide bonds. The van der Waals surface area contributed by atoms with Gasteiger partial charge in [-0.3, -0.25) is 15.1 Å². The van der Waals surface area contributed by atoms with Crippen LogP contribution in [-0.2, 0) is 16.1 Å². The fourth-order valence-corrected chi connectivity index (χ4v) is 4.90. The van der Waals surface area contributed by atoms with Gasteiger partial charge in [0.1, 0.15) is 11.9 Å². The van der Waals surface area contributed by atoms with Crippen LogP contribution in [-0.4, -0.2) is 35.9 Å². The largest absolute Gasteiger partial charge is 0.462 e. The maximum Gasteiger partial charge on any atom is 0.306 e. The summed E-state index contributed by atoms with van der Waals surface area (Å²) in [6, 6.07) is 16.5. The molecule has 0 aromatic heterocycles. The number of rotatable bonds is 7. The Labute approximate surface area is 203 Å². The van der Waals surface area contributed by atoms with Crippen LogP contribution in [0.1, 0.15) is 62.5 Å². The standard InChI is InChI=1S/C27H35N3O2.ClH/c28-27(29)24-12-10-23(11-13-24)22-8-6-21(7-9-22)19-30-16-14-20(15-17-30)18-26(31)32-25-4-2-1-3-5-25;/h6-13,20,25H,1-5,14-19H2,(H3,28,29);1H. The van der Waals surface area contributed by atoms with Gasteiger partial charge >= 0.3 is 5.97 Å². The molecule has 1 aliphatic heterocycles. The molecule has 6 heteroatoms. The molecule has 3 N–H and O–H groups in total. The number of hydrogen-bond donors (Lipinski definition) is 2. The Bertz CT molecular complexity index is 900. The lowest BCUT2D eigenvalue weighted by Crippen LogP contribution is -2.34. The third kappa shape index (κ3) is 7.31. The molecule has 178 valence electrons. The zero-order valence-electron chi connectivity index (χ0n) is 19.3. The van der Waals surface area contributed by atoms with Gasteiger partial charge in [-0.25, -0.2) is 0 Å². The number of piperidine rings is 1. The Kier molecular flexibility index (Phi) is 9.33. The van der Waals surface area contributed by atoms with Gasteiger partial charge in [-0.1, -0.05) is 55.0 Å². The van der Waals surface area contributed by atoms with E-state index >= 15 is 0 Å². The predicted molar refractivity (Wildman–Crippen MR) is 136 cm³/mol. The maximum absolute atomic E-state index is 12.3. The van der Waals surface area contributed by atoms with Crippen LogP contribution in [0.15, 0.2) is 48.5 Å². The van der Waals surface area contributed by atoms with E-state index in [-0.39, 0.29) is 30.3 Å². The van der Waals surface area contributed by atoms with Crippen molar-refractivity contribution in [3.63, 3.8) is 0 Å². The number of nitrogens with one attached hydrogen (secondary N) is 1. The molecule has 1 saturated carbocycles. The van der Waals surface area contributed by atoms with E-state index in [1.807, 2.05) is 24.3 Å². The number of benzene rings is 2. The van der Waals surface area contributed by atoms with Crippen molar-refractivity contribution in [3.8, 4) is 11.1 Å². The lowest BCUT2D eigenvalue weighted by molar-refractivity contribution is -0.152. The summed E-state index contributed by atoms with van der Waals surface area (Å²) in [4.78, 5) is 14.8. The Morgan fingerprint density at radius 2 is 1.48 bits per heavy atom. The van der Waals surface area contributed by atoms with Crippen LogP contribution in [0.4, 0.5) is 0 Å². The molecule has 4 rings (SSSR count). The maximum atomic E-state index is 12.3. The zero-order valence-corrected chi connectivity index (χ0v) is 20.1. The Balaban J connectivity index is 0.00000306. The van der Waals surface area contributed by atoms with Crippen LogP contribution in [0.3, 0.4) is 0 Å². The molecular formula is C27H36ClN3O2. The average Bonchev–Trinajstić information content (AvgIpc) is 2.81. The quantitative estimate of drug-likeness (QED) is 0.317. The van der Waals surface area contributed by atoms with Crippen molar-refractivity contribution >= 4 is 24.2 Å². The Morgan fingerprint density at radius 1 is 0.909 bits per heavy atom. The van der Waals surface area contributed by atoms with Crippen molar-refractivity contribution in [2.75, 3.05) is 13.1 Å². The van der Waals surface area contributed by atoms with Crippen LogP contribution >= 0.6 is 12.4 Å². The van der Waals surface area contributed by atoms with Crippen LogP contribution in [0.5, 0.6) is 0 Å². The van der Waals surface area contributed by atoms with Gasteiger partial charge in [-0.15, -0.1) is 12.4 Å². The molecule has 1 heterocycles. The molecule has 0 spiro atoms. The molecule has 2 aliphatic rings. The van der Waals surface area contributed by atoms with Gasteiger partial charge in [0, 0.05) is 18.5 Å². The number of nitrogens with two attached hydrogens (primary N) is 1. The molecule has 1 aliphatic carbocycles. The molecule has 2 aromatic rings. The van der Waals surface area contributed by atoms with E-state index in [9.17, 15) is 4.79 Å². The first-order valence-corrected chi connectivity index (χ1v) is 12.0. The minimum atomic E-state index is 0. The van der Waals surface area contributed by atoms with E-state index in [1.165, 1.54) is 30.4 Å². The average molecular weight is 470 g/mol. The number of ether oxygens (including phenoxy) is 1. The normalized spacial score (nSPS) is 17.8. The molecule has 0 unspecified atom stereocenters. The Hall–Kier alpha value is -2.37. The van der Waals surface area contributed by atoms with Crippen LogP contribution < -0.4 is 5.73 Å². The van der Waals surface area contributed by atoms with Crippen molar-refractivity contribution in [1.29, 1.82) is 5.41 Å². The number of likely N-dealkylation sites (tertiary alicyclic amines) is 1. The van der Waals surface area contributed by atoms with Crippen molar-refractivity contribution in [1.82, 2.24) is 4.90 Å². The number of nitrogens with zero attached hydrogens (tertiary/aromatic N) is 1. The first kappa shape index (κ1) is 25.3. The minimum absolute atomic E-state index is 0. The summed E-state index contributed by atoms with van der Waals surface area (Å²) in [6.45, 7) is 3.02. The monoisotopic (exact) mass is 469 g/mol. The molecule has 5 nitrogen and oxygen atoms in total. The molecule has 0 radical (unpaired) electrons. The number of esters is 1. The highest BCUT2D eigenvalue weighted by atomic mass is 35.5. The van der Waals surface area contributed by atoms with Crippen LogP contribution in [0.2, 0.25) is 0 Å². The molecule has 2 aromatic carbocycles. The minimum Gasteiger partial charge on any atom is -0.462 e. The lowest BCUT2D eigenvalue weighted by Gasteiger charge is -2.32. The van der Waals surface area contributed by atoms with Crippen LogP contribution in [0.25, 0.3) is 11.1 Å². The molecule has 2 fully saturated rings. The van der Waals surface area contributed by atoms with Gasteiger partial charge in [0.25, 0.3) is 0 Å². The van der Waals surface area contributed by atoms with E-state index in [2.05, 4.69) is 29.2 Å². The lowest BCUT2D eigenvalue weighted by atomic mass is 9.93. The molecule has 0 bridgehead atoms. The highest BCUT2D eigenvalue weighted by Crippen LogP contribution is 2.26. The summed E-state index contributed by atoms with van der Waals surface area (Å²) in [6.07, 6.45) is 8.67. The summed E-state index contributed by atoms with van der Waals surface area (Å²) in [5, 5.41) is 7.51. The highest BCUT2D eigenvalue weighted by molar-refractivity contribution is 5.95. The number of nitrogen functional groups attached to an aromatic ring is 1. The van der Waals surface area contributed by atoms with Crippen molar-refractivity contribution in [3.05, 3.63) is 59.7 Å². The number of amidine groups is 1. The fourth-order valence-electron chi connectivity index (χ4n) is 4.90. The zero-order chi connectivity index (χ0) is 22.3. The van der Waals surface area contributed by atoms with Gasteiger partial charge < -0.3 is 10.5 Å². The molecular weight excluding hydrogens is 434 g/mol. The topological polar surface area (TPSA) is 79.4 Å². The predicted octanol–water partition coefficient (Wildman–Crippen LogP) is 5.54. The summed E-state index contributed by atoms with van der Waals surface area (Å²) in [5.41, 5.74) is 9.89. The first-order chi connectivity index (χ1) is 15.6. The smallest absolute Gasteiger partial charge is 0.306 e. The number of halogens is 1. The second-order valence-corrected chi connectivity index (χ2v) is 9.36. The summed E-state index contributed by atoms with van der Waals surface area (Å²) in [7, 11) is 0. The van der Waals surface area contributed by atoms with E-state index in [0.29, 0.717) is 12.3 Å². The second-order valence-electron chi connectivity index (χ2n) is 9.36. The summed E-state index contributed by atoms with van der Waals surface area (Å²) in [5.74, 6) is 0.571. The first-order valence-electron chi connectivity index (χ1n) is 12.0. The second kappa shape index (κ2) is 12.2. The number of hydrogen-bond acceptors (Lipinski definition) is 4. The molecule has 1 saturated heterocycles. The van der Waals surface area contributed by atoms with E-state index in [0.717, 1.165) is 56.4 Å². The molecule has 33 heavy (non-hydrogen) atoms. The van der Waals surface area contributed by atoms with Gasteiger partial charge in [0.05, 0.1) is 0 Å². The fraction of sp³-hybridized carbons (Fsp3) is 0.481. The molecule has 0 atom stereocenters. The number of carbonyl (C=O) groups excluding carboxylic acids is 1. The summed E-state index contributed by atoms with van der Waals surface area (Å²) >= 11 is 0. The SMILES string of the molecule is Cl.N=C(N)c1ccc(-c2ccc(CN3CCC(CC(=O)OC4CCCCC4)CC3)cc2)cc1. The third-order valence-corrected chi connectivity index (χ3v) is 6.90. The van der Waals surface area contributed by atoms with Crippen LogP contribution in [0, 0.1) is 11.3 Å². The van der Waals surface area contributed by atoms with Gasteiger partial charge in [-0.2, -0.15) is 0 Å². The van der Waals surface area contributed by atoms with E-state index < -0.39 is 0 Å². The number of carbonyl (C=O) groups is 1. The highest BCUT2D eigenvalue weighted by Gasteiger charge is 2.24. The van der Waals surface area contributed by atoms with Crippen molar-refractivity contribution in [2.24, 2.45) is 11.7 Å². The van der Waals surface area contributed by atoms with Crippen molar-refractivity contribution < 1.29 is 9.53 Å². The van der Waals surface area contributed by atoms with E-state index in [1.54, 1.807) is 0 Å². The Morgan fingerprint density at radius 3 is 2.06 bits per heavy atom. The van der Waals surface area contributed by atoms with Gasteiger partial charge in [-0.05, 0) is 74.2 Å². The summed E-state index contributed by atoms with van der Waals surface area (Å²) < 4.78 is 5.71. The van der Waals surface area contributed by atoms with Gasteiger partial charge in [0.2, 0.25) is 0 Å². The third-order valence-electron chi connectivity index (χ3n) is 6.90. The van der Waals surface area contributed by atoms with Gasteiger partial charge in [0.15, 0.2) is 0 Å². The van der Waals surface area contributed by atoms with Crippen molar-refractivity contribution in [2.45, 2.75) is 64.0 Å².